The fourth-order valence-electron chi connectivity index (χ4n) is 3.64. The molecule has 1 aromatic heterocycles. The molecule has 6 heteroatoms. The number of nitrogens with one attached hydrogen (secondary N) is 1. The first-order valence-electron chi connectivity index (χ1n) is 9.44. The zero-order valence-corrected chi connectivity index (χ0v) is 16.3. The normalized spacial score (nSPS) is 18.0. The van der Waals surface area contributed by atoms with Crippen LogP contribution in [0.5, 0.6) is 5.75 Å². The average molecular weight is 391 g/mol. The summed E-state index contributed by atoms with van der Waals surface area (Å²) in [4.78, 5) is 16.5. The molecule has 1 aliphatic rings. The summed E-state index contributed by atoms with van der Waals surface area (Å²) in [5.41, 5.74) is 4.19. The van der Waals surface area contributed by atoms with Crippen LogP contribution in [-0.4, -0.2) is 28.6 Å². The number of carbonyl (C=O) groups excluding carboxylic acids is 1. The van der Waals surface area contributed by atoms with Crippen molar-refractivity contribution in [2.24, 2.45) is 0 Å². The molecule has 1 amide bonds. The van der Waals surface area contributed by atoms with E-state index in [1.807, 2.05) is 54.1 Å². The zero-order chi connectivity index (χ0) is 20.4. The highest BCUT2D eigenvalue weighted by Gasteiger charge is 2.32. The molecule has 0 aliphatic heterocycles. The molecule has 0 bridgehead atoms. The molecular weight excluding hydrogens is 369 g/mol. The predicted molar refractivity (Wildman–Crippen MR) is 110 cm³/mol. The van der Waals surface area contributed by atoms with Crippen molar-refractivity contribution in [3.8, 4) is 11.4 Å². The highest BCUT2D eigenvalue weighted by Crippen LogP contribution is 2.34. The van der Waals surface area contributed by atoms with E-state index in [0.29, 0.717) is 17.7 Å². The summed E-state index contributed by atoms with van der Waals surface area (Å²) in [5.74, 6) is 0.346. The topological polar surface area (TPSA) is 56.1 Å². The summed E-state index contributed by atoms with van der Waals surface area (Å²) in [6, 6.07) is 12.5. The molecule has 148 valence electrons. The van der Waals surface area contributed by atoms with Crippen LogP contribution in [0.3, 0.4) is 0 Å². The minimum Gasteiger partial charge on any atom is -0.495 e. The number of methoxy groups -OCH3 is 1. The molecule has 1 N–H and O–H groups in total. The molecule has 3 aromatic rings. The van der Waals surface area contributed by atoms with Gasteiger partial charge in [-0.3, -0.25) is 4.79 Å². The maximum atomic E-state index is 14.5. The molecule has 2 atom stereocenters. The Balaban J connectivity index is 1.44. The number of halogens is 1. The van der Waals surface area contributed by atoms with E-state index < -0.39 is 12.2 Å². The van der Waals surface area contributed by atoms with Crippen molar-refractivity contribution >= 4 is 12.0 Å². The Labute approximate surface area is 168 Å². The number of hydrogen-bond donors (Lipinski definition) is 1. The molecule has 0 radical (unpaired) electrons. The summed E-state index contributed by atoms with van der Waals surface area (Å²) in [6.45, 7) is 1.92. The van der Waals surface area contributed by atoms with Gasteiger partial charge in [0.15, 0.2) is 0 Å². The number of benzene rings is 2. The van der Waals surface area contributed by atoms with Crippen molar-refractivity contribution in [3.05, 3.63) is 83.4 Å². The fourth-order valence-corrected chi connectivity index (χ4v) is 3.64. The predicted octanol–water partition coefficient (Wildman–Crippen LogP) is 3.95. The van der Waals surface area contributed by atoms with Gasteiger partial charge in [-0.05, 0) is 48.2 Å². The van der Waals surface area contributed by atoms with E-state index in [-0.39, 0.29) is 5.91 Å². The van der Waals surface area contributed by atoms with Crippen molar-refractivity contribution in [1.29, 1.82) is 0 Å². The minimum atomic E-state index is -1.18. The summed E-state index contributed by atoms with van der Waals surface area (Å²) >= 11 is 0. The molecule has 29 heavy (non-hydrogen) atoms. The number of amides is 1. The molecule has 0 fully saturated rings. The Kier molecular flexibility index (Phi) is 5.16. The SMILES string of the molecule is COc1cc(/C=C/C(=O)N[C@H]2Cc3ccccc3[C@H]2F)ccc1-n1cnc(C)c1. The number of rotatable bonds is 5. The van der Waals surface area contributed by atoms with E-state index in [1.165, 1.54) is 6.08 Å². The van der Waals surface area contributed by atoms with Crippen molar-refractivity contribution in [1.82, 2.24) is 14.9 Å². The van der Waals surface area contributed by atoms with E-state index in [9.17, 15) is 9.18 Å². The number of aryl methyl sites for hydroxylation is 1. The Hall–Kier alpha value is -3.41. The standard InChI is InChI=1S/C23H22FN3O2/c1-15-13-27(14-25-15)20-9-7-16(11-21(20)29-2)8-10-22(28)26-19-12-17-5-3-4-6-18(17)23(19)24/h3-11,13-14,19,23H,12H2,1-2H3,(H,26,28)/b10-8+/t19-,23+/m0/s1. The number of carbonyl (C=O) groups is 1. The van der Waals surface area contributed by atoms with Gasteiger partial charge in [0.05, 0.1) is 30.9 Å². The largest absolute Gasteiger partial charge is 0.495 e. The Morgan fingerprint density at radius 3 is 2.86 bits per heavy atom. The lowest BCUT2D eigenvalue weighted by Gasteiger charge is -2.14. The summed E-state index contributed by atoms with van der Waals surface area (Å²) in [5, 5.41) is 2.77. The minimum absolute atomic E-state index is 0.321. The van der Waals surface area contributed by atoms with Crippen LogP contribution in [0.25, 0.3) is 11.8 Å². The second-order valence-corrected chi connectivity index (χ2v) is 7.11. The van der Waals surface area contributed by atoms with Gasteiger partial charge in [0.1, 0.15) is 11.9 Å². The number of hydrogen-bond acceptors (Lipinski definition) is 3. The lowest BCUT2D eigenvalue weighted by atomic mass is 10.1. The maximum absolute atomic E-state index is 14.5. The highest BCUT2D eigenvalue weighted by molar-refractivity contribution is 5.92. The summed E-state index contributed by atoms with van der Waals surface area (Å²) in [6.07, 6.45) is 6.07. The summed E-state index contributed by atoms with van der Waals surface area (Å²) < 4.78 is 21.9. The van der Waals surface area contributed by atoms with Crippen LogP contribution < -0.4 is 10.1 Å². The van der Waals surface area contributed by atoms with Gasteiger partial charge in [-0.1, -0.05) is 30.3 Å². The van der Waals surface area contributed by atoms with Gasteiger partial charge in [-0.2, -0.15) is 0 Å². The molecule has 1 aliphatic carbocycles. The molecule has 4 rings (SSSR count). The molecule has 0 unspecified atom stereocenters. The molecule has 1 heterocycles. The molecule has 0 spiro atoms. The van der Waals surface area contributed by atoms with Crippen LogP contribution in [0.1, 0.15) is 28.6 Å². The van der Waals surface area contributed by atoms with Crippen LogP contribution in [0.15, 0.2) is 61.1 Å². The first-order valence-corrected chi connectivity index (χ1v) is 9.44. The van der Waals surface area contributed by atoms with Gasteiger partial charge in [0.2, 0.25) is 5.91 Å². The number of alkyl halides is 1. The van der Waals surface area contributed by atoms with Crippen molar-refractivity contribution in [2.45, 2.75) is 25.6 Å². The van der Waals surface area contributed by atoms with Gasteiger partial charge in [-0.25, -0.2) is 9.37 Å². The van der Waals surface area contributed by atoms with Gasteiger partial charge in [-0.15, -0.1) is 0 Å². The molecular formula is C23H22FN3O2. The number of fused-ring (bicyclic) bond motifs is 1. The number of imidazole rings is 1. The van der Waals surface area contributed by atoms with E-state index in [4.69, 9.17) is 4.74 Å². The first kappa shape index (κ1) is 18.9. The fraction of sp³-hybridized carbons (Fsp3) is 0.217. The van der Waals surface area contributed by atoms with Crippen LogP contribution in [0.4, 0.5) is 4.39 Å². The van der Waals surface area contributed by atoms with Gasteiger partial charge in [0, 0.05) is 12.3 Å². The Morgan fingerprint density at radius 1 is 1.31 bits per heavy atom. The number of aromatic nitrogens is 2. The lowest BCUT2D eigenvalue weighted by molar-refractivity contribution is -0.117. The van der Waals surface area contributed by atoms with Gasteiger partial charge >= 0.3 is 0 Å². The third-order valence-corrected chi connectivity index (χ3v) is 5.09. The van der Waals surface area contributed by atoms with Gasteiger partial charge < -0.3 is 14.6 Å². The van der Waals surface area contributed by atoms with Crippen molar-refractivity contribution in [2.75, 3.05) is 7.11 Å². The molecule has 2 aromatic carbocycles. The first-order chi connectivity index (χ1) is 14.0. The maximum Gasteiger partial charge on any atom is 0.244 e. The second kappa shape index (κ2) is 7.91. The van der Waals surface area contributed by atoms with Crippen LogP contribution in [0.2, 0.25) is 0 Å². The molecule has 0 saturated carbocycles. The van der Waals surface area contributed by atoms with Crippen LogP contribution in [0, 0.1) is 6.92 Å². The molecule has 0 saturated heterocycles. The highest BCUT2D eigenvalue weighted by atomic mass is 19.1. The van der Waals surface area contributed by atoms with Gasteiger partial charge in [0.25, 0.3) is 0 Å². The van der Waals surface area contributed by atoms with E-state index in [2.05, 4.69) is 10.3 Å². The monoisotopic (exact) mass is 391 g/mol. The quantitative estimate of drug-likeness (QED) is 0.670. The smallest absolute Gasteiger partial charge is 0.244 e. The second-order valence-electron chi connectivity index (χ2n) is 7.11. The van der Waals surface area contributed by atoms with Crippen molar-refractivity contribution in [3.63, 3.8) is 0 Å². The zero-order valence-electron chi connectivity index (χ0n) is 16.3. The van der Waals surface area contributed by atoms with E-state index in [0.717, 1.165) is 22.5 Å². The van der Waals surface area contributed by atoms with Crippen molar-refractivity contribution < 1.29 is 13.9 Å². The van der Waals surface area contributed by atoms with E-state index >= 15 is 0 Å². The number of ether oxygens (including phenoxy) is 1. The average Bonchev–Trinajstić information content (AvgIpc) is 3.30. The Morgan fingerprint density at radius 2 is 2.14 bits per heavy atom. The van der Waals surface area contributed by atoms with Crippen LogP contribution in [-0.2, 0) is 11.2 Å². The third kappa shape index (κ3) is 3.92. The Bertz CT molecular complexity index is 1070. The molecule has 5 nitrogen and oxygen atoms in total. The van der Waals surface area contributed by atoms with E-state index in [1.54, 1.807) is 25.6 Å². The third-order valence-electron chi connectivity index (χ3n) is 5.09. The summed E-state index contributed by atoms with van der Waals surface area (Å²) in [7, 11) is 1.60. The number of nitrogens with zero attached hydrogens (tertiary/aromatic N) is 2. The lowest BCUT2D eigenvalue weighted by Crippen LogP contribution is -2.35. The van der Waals surface area contributed by atoms with Crippen LogP contribution >= 0.6 is 0 Å².